The molecule has 0 rings (SSSR count). The summed E-state index contributed by atoms with van der Waals surface area (Å²) in [5.74, 6) is -1.09. The Morgan fingerprint density at radius 1 is 1.33 bits per heavy atom. The van der Waals surface area contributed by atoms with E-state index in [-0.39, 0.29) is 18.6 Å². The molecular formula is C10H16O5. The summed E-state index contributed by atoms with van der Waals surface area (Å²) < 4.78 is 9.50. The molecule has 0 aliphatic carbocycles. The molecule has 0 saturated heterocycles. The number of carbonyl (C=O) groups excluding carboxylic acids is 1. The van der Waals surface area contributed by atoms with E-state index in [1.54, 1.807) is 20.8 Å². The Balaban J connectivity index is 3.74. The van der Waals surface area contributed by atoms with Crippen molar-refractivity contribution in [2.75, 3.05) is 6.61 Å². The van der Waals surface area contributed by atoms with Gasteiger partial charge in [0.1, 0.15) is 5.60 Å². The van der Waals surface area contributed by atoms with Gasteiger partial charge in [0.15, 0.2) is 0 Å². The lowest BCUT2D eigenvalue weighted by molar-refractivity contribution is -0.132. The van der Waals surface area contributed by atoms with Crippen LogP contribution in [-0.4, -0.2) is 29.4 Å². The van der Waals surface area contributed by atoms with Gasteiger partial charge in [0.25, 0.3) is 0 Å². The smallest absolute Gasteiger partial charge is 0.478 e. The summed E-state index contributed by atoms with van der Waals surface area (Å²) in [5.41, 5.74) is -0.612. The van der Waals surface area contributed by atoms with E-state index in [9.17, 15) is 9.59 Å². The van der Waals surface area contributed by atoms with Crippen LogP contribution in [-0.2, 0) is 14.3 Å². The Morgan fingerprint density at radius 3 is 2.27 bits per heavy atom. The van der Waals surface area contributed by atoms with Gasteiger partial charge in [-0.05, 0) is 20.8 Å². The minimum Gasteiger partial charge on any atom is -0.478 e. The average molecular weight is 216 g/mol. The van der Waals surface area contributed by atoms with Crippen LogP contribution in [0.3, 0.4) is 0 Å². The van der Waals surface area contributed by atoms with Crippen molar-refractivity contribution >= 4 is 12.1 Å². The van der Waals surface area contributed by atoms with Gasteiger partial charge in [0.2, 0.25) is 0 Å². The largest absolute Gasteiger partial charge is 0.508 e. The first kappa shape index (κ1) is 13.5. The number of rotatable bonds is 4. The molecule has 15 heavy (non-hydrogen) atoms. The van der Waals surface area contributed by atoms with Gasteiger partial charge in [0.05, 0.1) is 6.61 Å². The van der Waals surface area contributed by atoms with Crippen LogP contribution in [0.25, 0.3) is 0 Å². The fourth-order valence-corrected chi connectivity index (χ4v) is 0.644. The first-order chi connectivity index (χ1) is 6.72. The zero-order valence-corrected chi connectivity index (χ0v) is 9.20. The Kier molecular flexibility index (Phi) is 4.84. The van der Waals surface area contributed by atoms with Gasteiger partial charge in [-0.3, -0.25) is 0 Å². The summed E-state index contributed by atoms with van der Waals surface area (Å²) in [6.45, 7) is 8.39. The Hall–Kier alpha value is -1.52. The summed E-state index contributed by atoms with van der Waals surface area (Å²) in [6, 6.07) is 0. The van der Waals surface area contributed by atoms with Crippen LogP contribution in [0.4, 0.5) is 4.79 Å². The van der Waals surface area contributed by atoms with E-state index in [2.05, 4.69) is 11.3 Å². The molecule has 0 heterocycles. The minimum atomic E-state index is -1.09. The van der Waals surface area contributed by atoms with Gasteiger partial charge in [-0.15, -0.1) is 0 Å². The summed E-state index contributed by atoms with van der Waals surface area (Å²) >= 11 is 0. The van der Waals surface area contributed by atoms with Gasteiger partial charge < -0.3 is 14.6 Å². The lowest BCUT2D eigenvalue weighted by Gasteiger charge is -2.18. The molecular weight excluding hydrogens is 200 g/mol. The highest BCUT2D eigenvalue weighted by Crippen LogP contribution is 2.08. The molecule has 0 aliphatic rings. The zero-order valence-electron chi connectivity index (χ0n) is 9.20. The van der Waals surface area contributed by atoms with E-state index < -0.39 is 17.7 Å². The highest BCUT2D eigenvalue weighted by Gasteiger charge is 2.17. The zero-order chi connectivity index (χ0) is 12.1. The molecule has 0 bridgehead atoms. The van der Waals surface area contributed by atoms with E-state index in [1.807, 2.05) is 0 Å². The average Bonchev–Trinajstić information content (AvgIpc) is 2.00. The highest BCUT2D eigenvalue weighted by molar-refractivity contribution is 5.85. The third kappa shape index (κ3) is 7.54. The van der Waals surface area contributed by atoms with Crippen molar-refractivity contribution in [1.82, 2.24) is 0 Å². The number of carboxylic acid groups (broad SMARTS) is 1. The second kappa shape index (κ2) is 5.38. The van der Waals surface area contributed by atoms with Crippen LogP contribution in [0, 0.1) is 0 Å². The first-order valence-electron chi connectivity index (χ1n) is 4.49. The van der Waals surface area contributed by atoms with Crippen molar-refractivity contribution in [2.45, 2.75) is 32.8 Å². The molecule has 0 aromatic rings. The molecule has 0 fully saturated rings. The van der Waals surface area contributed by atoms with Gasteiger partial charge in [-0.1, -0.05) is 6.58 Å². The van der Waals surface area contributed by atoms with Crippen molar-refractivity contribution in [3.8, 4) is 0 Å². The van der Waals surface area contributed by atoms with E-state index in [1.165, 1.54) is 0 Å². The Bertz CT molecular complexity index is 261. The maximum atomic E-state index is 11.0. The highest BCUT2D eigenvalue weighted by atomic mass is 16.7. The topological polar surface area (TPSA) is 72.8 Å². The summed E-state index contributed by atoms with van der Waals surface area (Å²) in [4.78, 5) is 21.3. The molecule has 0 amide bonds. The predicted octanol–water partition coefficient (Wildman–Crippen LogP) is 1.97. The Morgan fingerprint density at radius 2 is 1.87 bits per heavy atom. The van der Waals surface area contributed by atoms with Crippen molar-refractivity contribution in [1.29, 1.82) is 0 Å². The standard InChI is InChI=1S/C10H16O5/c1-7(8(11)12)5-6-14-9(13)15-10(2,3)4/h1,5-6H2,2-4H3,(H,11,12). The second-order valence-corrected chi connectivity index (χ2v) is 3.97. The Labute approximate surface area is 88.7 Å². The van der Waals surface area contributed by atoms with Crippen molar-refractivity contribution in [3.63, 3.8) is 0 Å². The number of carboxylic acids is 1. The number of hydrogen-bond acceptors (Lipinski definition) is 4. The van der Waals surface area contributed by atoms with Crippen molar-refractivity contribution in [3.05, 3.63) is 12.2 Å². The molecule has 0 spiro atoms. The van der Waals surface area contributed by atoms with Crippen molar-refractivity contribution < 1.29 is 24.2 Å². The first-order valence-corrected chi connectivity index (χ1v) is 4.49. The van der Waals surface area contributed by atoms with E-state index >= 15 is 0 Å². The maximum Gasteiger partial charge on any atom is 0.508 e. The minimum absolute atomic E-state index is 0.00133. The van der Waals surface area contributed by atoms with Gasteiger partial charge in [-0.2, -0.15) is 0 Å². The van der Waals surface area contributed by atoms with Crippen LogP contribution in [0.2, 0.25) is 0 Å². The van der Waals surface area contributed by atoms with Gasteiger partial charge >= 0.3 is 12.1 Å². The molecule has 0 aromatic carbocycles. The molecule has 0 aliphatic heterocycles. The van der Waals surface area contributed by atoms with Crippen LogP contribution in [0.5, 0.6) is 0 Å². The summed E-state index contributed by atoms with van der Waals surface area (Å²) in [6.07, 6.45) is -0.713. The van der Waals surface area contributed by atoms with Crippen molar-refractivity contribution in [2.24, 2.45) is 0 Å². The van der Waals surface area contributed by atoms with Crippen LogP contribution in [0.1, 0.15) is 27.2 Å². The third-order valence-electron chi connectivity index (χ3n) is 1.32. The number of aliphatic carboxylic acids is 1. The molecule has 86 valence electrons. The molecule has 0 saturated carbocycles. The molecule has 0 unspecified atom stereocenters. The van der Waals surface area contributed by atoms with E-state index in [0.717, 1.165) is 0 Å². The lowest BCUT2D eigenvalue weighted by Crippen LogP contribution is -2.24. The number of ether oxygens (including phenoxy) is 2. The number of carbonyl (C=O) groups is 2. The fraction of sp³-hybridized carbons (Fsp3) is 0.600. The van der Waals surface area contributed by atoms with Crippen LogP contribution < -0.4 is 0 Å². The molecule has 5 nitrogen and oxygen atoms in total. The lowest BCUT2D eigenvalue weighted by atomic mass is 10.2. The van der Waals surface area contributed by atoms with Crippen LogP contribution in [0.15, 0.2) is 12.2 Å². The van der Waals surface area contributed by atoms with E-state index in [4.69, 9.17) is 9.84 Å². The molecule has 5 heteroatoms. The predicted molar refractivity (Wildman–Crippen MR) is 53.6 cm³/mol. The van der Waals surface area contributed by atoms with Gasteiger partial charge in [-0.25, -0.2) is 9.59 Å². The van der Waals surface area contributed by atoms with Gasteiger partial charge in [0, 0.05) is 12.0 Å². The summed E-state index contributed by atoms with van der Waals surface area (Å²) in [5, 5.41) is 8.46. The molecule has 1 N–H and O–H groups in total. The number of hydrogen-bond donors (Lipinski definition) is 1. The normalized spacial score (nSPS) is 10.6. The quantitative estimate of drug-likeness (QED) is 0.574. The van der Waals surface area contributed by atoms with Crippen LogP contribution >= 0.6 is 0 Å². The monoisotopic (exact) mass is 216 g/mol. The molecule has 0 radical (unpaired) electrons. The SMILES string of the molecule is C=C(CCOC(=O)OC(C)(C)C)C(=O)O. The molecule has 0 aromatic heterocycles. The fourth-order valence-electron chi connectivity index (χ4n) is 0.644. The second-order valence-electron chi connectivity index (χ2n) is 3.97. The maximum absolute atomic E-state index is 11.0. The van der Waals surface area contributed by atoms with E-state index in [0.29, 0.717) is 0 Å². The third-order valence-corrected chi connectivity index (χ3v) is 1.32. The summed E-state index contributed by atoms with van der Waals surface area (Å²) in [7, 11) is 0. The molecule has 0 atom stereocenters.